The summed E-state index contributed by atoms with van der Waals surface area (Å²) in [4.78, 5) is 21.6. The van der Waals surface area contributed by atoms with Crippen LogP contribution in [0.15, 0.2) is 23.1 Å². The Kier molecular flexibility index (Phi) is 5.34. The van der Waals surface area contributed by atoms with Crippen LogP contribution in [0.1, 0.15) is 6.42 Å². The smallest absolute Gasteiger partial charge is 0.319 e. The number of benzene rings is 1. The predicted molar refractivity (Wildman–Crippen MR) is 73.8 cm³/mol. The summed E-state index contributed by atoms with van der Waals surface area (Å²) in [5, 5.41) is 13.2. The molecule has 0 aromatic heterocycles. The number of hydrogen-bond donors (Lipinski definition) is 3. The highest BCUT2D eigenvalue weighted by Crippen LogP contribution is 2.24. The first-order valence-electron chi connectivity index (χ1n) is 5.46. The molecular weight excluding hydrogens is 308 g/mol. The summed E-state index contributed by atoms with van der Waals surface area (Å²) < 4.78 is 22.9. The molecule has 0 unspecified atom stereocenters. The van der Waals surface area contributed by atoms with Gasteiger partial charge in [-0.3, -0.25) is 4.79 Å². The standard InChI is InChI=1S/C11H13ClN2O5S/c1-20(18,19)9-6-7(2-3-8(9)12)14-11(17)13-5-4-10(15)16/h2-3,6H,4-5H2,1H3,(H,15,16)(H2,13,14,17). The van der Waals surface area contributed by atoms with Crippen LogP contribution in [0.25, 0.3) is 0 Å². The zero-order valence-electron chi connectivity index (χ0n) is 10.5. The van der Waals surface area contributed by atoms with Gasteiger partial charge in [-0.15, -0.1) is 0 Å². The van der Waals surface area contributed by atoms with Gasteiger partial charge in [-0.05, 0) is 18.2 Å². The lowest BCUT2D eigenvalue weighted by Gasteiger charge is -2.09. The van der Waals surface area contributed by atoms with Gasteiger partial charge < -0.3 is 15.7 Å². The minimum absolute atomic E-state index is 0.0340. The molecule has 0 atom stereocenters. The number of nitrogens with one attached hydrogen (secondary N) is 2. The van der Waals surface area contributed by atoms with Gasteiger partial charge in [-0.1, -0.05) is 11.6 Å². The number of hydrogen-bond acceptors (Lipinski definition) is 4. The van der Waals surface area contributed by atoms with Gasteiger partial charge in [0.05, 0.1) is 16.3 Å². The Morgan fingerprint density at radius 1 is 1.35 bits per heavy atom. The monoisotopic (exact) mass is 320 g/mol. The summed E-state index contributed by atoms with van der Waals surface area (Å²) in [5.74, 6) is -1.03. The second-order valence-electron chi connectivity index (χ2n) is 3.94. The van der Waals surface area contributed by atoms with Crippen LogP contribution in [0.2, 0.25) is 5.02 Å². The maximum absolute atomic E-state index is 11.5. The van der Waals surface area contributed by atoms with E-state index in [2.05, 4.69) is 10.6 Å². The van der Waals surface area contributed by atoms with E-state index in [1.807, 2.05) is 0 Å². The van der Waals surface area contributed by atoms with Gasteiger partial charge in [0, 0.05) is 18.5 Å². The van der Waals surface area contributed by atoms with E-state index in [9.17, 15) is 18.0 Å². The molecule has 0 aliphatic rings. The molecule has 0 fully saturated rings. The van der Waals surface area contributed by atoms with Crippen molar-refractivity contribution in [2.24, 2.45) is 0 Å². The number of halogens is 1. The Morgan fingerprint density at radius 3 is 2.55 bits per heavy atom. The van der Waals surface area contributed by atoms with Crippen LogP contribution in [0, 0.1) is 0 Å². The highest BCUT2D eigenvalue weighted by Gasteiger charge is 2.13. The third-order valence-electron chi connectivity index (χ3n) is 2.21. The summed E-state index contributed by atoms with van der Waals surface area (Å²) in [6.07, 6.45) is 0.799. The highest BCUT2D eigenvalue weighted by atomic mass is 35.5. The van der Waals surface area contributed by atoms with Gasteiger partial charge >= 0.3 is 12.0 Å². The number of carboxylic acid groups (broad SMARTS) is 1. The van der Waals surface area contributed by atoms with E-state index >= 15 is 0 Å². The first-order chi connectivity index (χ1) is 9.20. The van der Waals surface area contributed by atoms with Crippen molar-refractivity contribution in [3.05, 3.63) is 23.2 Å². The molecule has 0 aliphatic carbocycles. The van der Waals surface area contributed by atoms with Crippen molar-refractivity contribution >= 4 is 39.1 Å². The second kappa shape index (κ2) is 6.58. The molecule has 2 amide bonds. The van der Waals surface area contributed by atoms with Gasteiger partial charge in [0.25, 0.3) is 0 Å². The molecule has 0 saturated carbocycles. The molecule has 0 spiro atoms. The van der Waals surface area contributed by atoms with Gasteiger partial charge in [-0.2, -0.15) is 0 Å². The van der Waals surface area contributed by atoms with Gasteiger partial charge in [0.1, 0.15) is 0 Å². The fraction of sp³-hybridized carbons (Fsp3) is 0.273. The third kappa shape index (κ3) is 5.06. The molecule has 0 aliphatic heterocycles. The van der Waals surface area contributed by atoms with Gasteiger partial charge in [0.15, 0.2) is 9.84 Å². The molecule has 9 heteroatoms. The SMILES string of the molecule is CS(=O)(=O)c1cc(NC(=O)NCCC(=O)O)ccc1Cl. The zero-order chi connectivity index (χ0) is 15.3. The van der Waals surface area contributed by atoms with Gasteiger partial charge in [-0.25, -0.2) is 13.2 Å². The van der Waals surface area contributed by atoms with Crippen molar-refractivity contribution in [3.8, 4) is 0 Å². The molecule has 0 heterocycles. The molecule has 3 N–H and O–H groups in total. The summed E-state index contributed by atoms with van der Waals surface area (Å²) in [7, 11) is -3.50. The van der Waals surface area contributed by atoms with Crippen molar-refractivity contribution in [3.63, 3.8) is 0 Å². The van der Waals surface area contributed by atoms with E-state index in [-0.39, 0.29) is 28.6 Å². The highest BCUT2D eigenvalue weighted by molar-refractivity contribution is 7.90. The molecule has 0 saturated heterocycles. The van der Waals surface area contributed by atoms with Crippen molar-refractivity contribution in [2.45, 2.75) is 11.3 Å². The maximum atomic E-state index is 11.5. The van der Waals surface area contributed by atoms with E-state index in [4.69, 9.17) is 16.7 Å². The van der Waals surface area contributed by atoms with Crippen LogP contribution in [-0.2, 0) is 14.6 Å². The first-order valence-corrected chi connectivity index (χ1v) is 7.73. The zero-order valence-corrected chi connectivity index (χ0v) is 12.1. The van der Waals surface area contributed by atoms with E-state index in [1.165, 1.54) is 18.2 Å². The van der Waals surface area contributed by atoms with Crippen molar-refractivity contribution in [1.82, 2.24) is 5.32 Å². The predicted octanol–water partition coefficient (Wildman–Crippen LogP) is 1.34. The Morgan fingerprint density at radius 2 is 2.00 bits per heavy atom. The van der Waals surface area contributed by atoms with Crippen molar-refractivity contribution in [1.29, 1.82) is 0 Å². The molecule has 1 rings (SSSR count). The van der Waals surface area contributed by atoms with E-state index in [0.29, 0.717) is 0 Å². The van der Waals surface area contributed by atoms with E-state index in [1.54, 1.807) is 0 Å². The van der Waals surface area contributed by atoms with Crippen LogP contribution in [0.4, 0.5) is 10.5 Å². The minimum atomic E-state index is -3.50. The Labute approximate surface area is 120 Å². The lowest BCUT2D eigenvalue weighted by atomic mass is 10.3. The minimum Gasteiger partial charge on any atom is -0.481 e. The fourth-order valence-corrected chi connectivity index (χ4v) is 2.62. The lowest BCUT2D eigenvalue weighted by molar-refractivity contribution is -0.136. The number of carbonyl (C=O) groups is 2. The first kappa shape index (κ1) is 16.3. The van der Waals surface area contributed by atoms with Crippen LogP contribution in [0.5, 0.6) is 0 Å². The molecule has 1 aromatic rings. The average Bonchev–Trinajstić information content (AvgIpc) is 2.29. The summed E-state index contributed by atoms with van der Waals surface area (Å²) in [6.45, 7) is -0.0340. The van der Waals surface area contributed by atoms with Crippen molar-refractivity contribution < 1.29 is 23.1 Å². The number of amides is 2. The molecule has 0 radical (unpaired) electrons. The molecule has 1 aromatic carbocycles. The topological polar surface area (TPSA) is 113 Å². The second-order valence-corrected chi connectivity index (χ2v) is 6.33. The summed E-state index contributed by atoms with van der Waals surface area (Å²) >= 11 is 5.76. The van der Waals surface area contributed by atoms with Crippen LogP contribution in [-0.4, -0.2) is 38.3 Å². The van der Waals surface area contributed by atoms with Gasteiger partial charge in [0.2, 0.25) is 0 Å². The number of carboxylic acids is 1. The van der Waals surface area contributed by atoms with Crippen LogP contribution < -0.4 is 10.6 Å². The number of carbonyl (C=O) groups excluding carboxylic acids is 1. The molecule has 0 bridgehead atoms. The van der Waals surface area contributed by atoms with E-state index in [0.717, 1.165) is 6.26 Å². The Bertz CT molecular complexity index is 630. The summed E-state index contributed by atoms with van der Waals surface area (Å²) in [5.41, 5.74) is 0.239. The normalized spacial score (nSPS) is 10.9. The van der Waals surface area contributed by atoms with Crippen LogP contribution in [0.3, 0.4) is 0 Å². The molecule has 20 heavy (non-hydrogen) atoms. The molecule has 110 valence electrons. The number of sulfone groups is 1. The average molecular weight is 321 g/mol. The van der Waals surface area contributed by atoms with Crippen LogP contribution >= 0.6 is 11.6 Å². The fourth-order valence-electron chi connectivity index (χ4n) is 1.32. The molecule has 7 nitrogen and oxygen atoms in total. The largest absolute Gasteiger partial charge is 0.481 e. The summed E-state index contributed by atoms with van der Waals surface area (Å²) in [6, 6.07) is 3.39. The number of rotatable bonds is 5. The molecular formula is C11H13ClN2O5S. The number of anilines is 1. The number of aliphatic carboxylic acids is 1. The Balaban J connectivity index is 2.74. The Hall–Kier alpha value is -1.80. The lowest BCUT2D eigenvalue weighted by Crippen LogP contribution is -2.30. The third-order valence-corrected chi connectivity index (χ3v) is 3.79. The number of urea groups is 1. The maximum Gasteiger partial charge on any atom is 0.319 e. The quantitative estimate of drug-likeness (QED) is 0.757. The van der Waals surface area contributed by atoms with E-state index < -0.39 is 21.8 Å². The van der Waals surface area contributed by atoms with Crippen molar-refractivity contribution in [2.75, 3.05) is 18.1 Å².